The van der Waals surface area contributed by atoms with Crippen LogP contribution in [0, 0.1) is 0 Å². The first-order chi connectivity index (χ1) is 8.22. The lowest BCUT2D eigenvalue weighted by Crippen LogP contribution is -2.02. The van der Waals surface area contributed by atoms with E-state index in [2.05, 4.69) is 6.07 Å². The number of fused-ring (bicyclic) bond motifs is 1. The molecule has 0 atom stereocenters. The Bertz CT molecular complexity index is 544. The van der Waals surface area contributed by atoms with Crippen molar-refractivity contribution >= 4 is 16.6 Å². The van der Waals surface area contributed by atoms with Crippen LogP contribution in [0.15, 0.2) is 36.4 Å². The van der Waals surface area contributed by atoms with Gasteiger partial charge in [-0.05, 0) is 30.7 Å². The summed E-state index contributed by atoms with van der Waals surface area (Å²) in [6.07, 6.45) is 0.427. The SMILES string of the molecule is CCOc1ccc2ccccc2c1CC(C)=O. The molecular formula is C15H16O2. The van der Waals surface area contributed by atoms with E-state index >= 15 is 0 Å². The van der Waals surface area contributed by atoms with Crippen molar-refractivity contribution in [2.75, 3.05) is 6.61 Å². The Hall–Kier alpha value is -1.83. The molecule has 0 amide bonds. The lowest BCUT2D eigenvalue weighted by atomic mass is 9.99. The van der Waals surface area contributed by atoms with Crippen LogP contribution in [-0.2, 0) is 11.2 Å². The van der Waals surface area contributed by atoms with Crippen molar-refractivity contribution < 1.29 is 9.53 Å². The summed E-state index contributed by atoms with van der Waals surface area (Å²) in [5.74, 6) is 0.976. The number of ketones is 1. The molecular weight excluding hydrogens is 212 g/mol. The predicted molar refractivity (Wildman–Crippen MR) is 69.5 cm³/mol. The fourth-order valence-electron chi connectivity index (χ4n) is 2.04. The summed E-state index contributed by atoms with van der Waals surface area (Å²) >= 11 is 0. The van der Waals surface area contributed by atoms with Crippen LogP contribution >= 0.6 is 0 Å². The third kappa shape index (κ3) is 2.47. The van der Waals surface area contributed by atoms with Crippen LogP contribution in [0.3, 0.4) is 0 Å². The molecule has 0 N–H and O–H groups in total. The van der Waals surface area contributed by atoms with Crippen LogP contribution in [0.2, 0.25) is 0 Å². The highest BCUT2D eigenvalue weighted by Crippen LogP contribution is 2.28. The van der Waals surface area contributed by atoms with E-state index < -0.39 is 0 Å². The van der Waals surface area contributed by atoms with Gasteiger partial charge in [0, 0.05) is 12.0 Å². The summed E-state index contributed by atoms with van der Waals surface area (Å²) in [4.78, 5) is 11.4. The first kappa shape index (κ1) is 11.6. The van der Waals surface area contributed by atoms with Gasteiger partial charge < -0.3 is 4.74 Å². The van der Waals surface area contributed by atoms with Crippen LogP contribution < -0.4 is 4.74 Å². The van der Waals surface area contributed by atoms with Crippen molar-refractivity contribution in [1.29, 1.82) is 0 Å². The average Bonchev–Trinajstić information content (AvgIpc) is 2.32. The molecule has 0 saturated heterocycles. The maximum atomic E-state index is 11.4. The van der Waals surface area contributed by atoms with Crippen molar-refractivity contribution in [3.63, 3.8) is 0 Å². The lowest BCUT2D eigenvalue weighted by Gasteiger charge is -2.12. The summed E-state index contributed by atoms with van der Waals surface area (Å²) in [7, 11) is 0. The number of rotatable bonds is 4. The van der Waals surface area contributed by atoms with E-state index in [1.807, 2.05) is 37.3 Å². The Labute approximate surface area is 101 Å². The topological polar surface area (TPSA) is 26.3 Å². The highest BCUT2D eigenvalue weighted by Gasteiger charge is 2.10. The molecule has 0 unspecified atom stereocenters. The zero-order chi connectivity index (χ0) is 12.3. The molecule has 0 spiro atoms. The molecule has 0 fully saturated rings. The molecule has 2 nitrogen and oxygen atoms in total. The summed E-state index contributed by atoms with van der Waals surface area (Å²) in [5.41, 5.74) is 0.998. The van der Waals surface area contributed by atoms with Gasteiger partial charge in [0.25, 0.3) is 0 Å². The van der Waals surface area contributed by atoms with E-state index in [9.17, 15) is 4.79 Å². The van der Waals surface area contributed by atoms with E-state index in [-0.39, 0.29) is 5.78 Å². The molecule has 2 aromatic carbocycles. The number of benzene rings is 2. The second-order valence-corrected chi connectivity index (χ2v) is 4.08. The molecule has 2 rings (SSSR count). The molecule has 0 bridgehead atoms. The van der Waals surface area contributed by atoms with Crippen LogP contribution in [0.25, 0.3) is 10.8 Å². The van der Waals surface area contributed by atoms with Crippen molar-refractivity contribution in [3.8, 4) is 5.75 Å². The van der Waals surface area contributed by atoms with Gasteiger partial charge in [0.05, 0.1) is 6.61 Å². The molecule has 2 heteroatoms. The number of carbonyl (C=O) groups excluding carboxylic acids is 1. The molecule has 0 heterocycles. The average molecular weight is 228 g/mol. The molecule has 0 aliphatic rings. The number of ether oxygens (including phenoxy) is 1. The lowest BCUT2D eigenvalue weighted by molar-refractivity contribution is -0.116. The largest absolute Gasteiger partial charge is 0.494 e. The second kappa shape index (κ2) is 5.00. The van der Waals surface area contributed by atoms with Crippen LogP contribution in [0.1, 0.15) is 19.4 Å². The van der Waals surface area contributed by atoms with E-state index in [0.29, 0.717) is 13.0 Å². The summed E-state index contributed by atoms with van der Waals surface area (Å²) in [6, 6.07) is 12.1. The monoisotopic (exact) mass is 228 g/mol. The van der Waals surface area contributed by atoms with Gasteiger partial charge in [0.1, 0.15) is 11.5 Å². The molecule has 17 heavy (non-hydrogen) atoms. The van der Waals surface area contributed by atoms with Crippen LogP contribution in [0.4, 0.5) is 0 Å². The van der Waals surface area contributed by atoms with Crippen molar-refractivity contribution in [3.05, 3.63) is 42.0 Å². The third-order valence-corrected chi connectivity index (χ3v) is 2.72. The normalized spacial score (nSPS) is 10.5. The first-order valence-corrected chi connectivity index (χ1v) is 5.85. The Kier molecular flexibility index (Phi) is 3.43. The molecule has 2 aromatic rings. The third-order valence-electron chi connectivity index (χ3n) is 2.72. The Balaban J connectivity index is 2.61. The van der Waals surface area contributed by atoms with Gasteiger partial charge >= 0.3 is 0 Å². The van der Waals surface area contributed by atoms with Crippen LogP contribution in [0.5, 0.6) is 5.75 Å². The highest BCUT2D eigenvalue weighted by atomic mass is 16.5. The Morgan fingerprint density at radius 2 is 1.94 bits per heavy atom. The van der Waals surface area contributed by atoms with E-state index in [4.69, 9.17) is 4.74 Å². The predicted octanol–water partition coefficient (Wildman–Crippen LogP) is 3.37. The standard InChI is InChI=1S/C15H16O2/c1-3-17-15-9-8-12-6-4-5-7-13(12)14(15)10-11(2)16/h4-9H,3,10H2,1-2H3. The summed E-state index contributed by atoms with van der Waals surface area (Å²) in [5, 5.41) is 2.25. The zero-order valence-corrected chi connectivity index (χ0v) is 10.2. The summed E-state index contributed by atoms with van der Waals surface area (Å²) in [6.45, 7) is 4.17. The van der Waals surface area contributed by atoms with Gasteiger partial charge in [0.2, 0.25) is 0 Å². The molecule has 88 valence electrons. The molecule has 0 aromatic heterocycles. The van der Waals surface area contributed by atoms with Crippen molar-refractivity contribution in [2.24, 2.45) is 0 Å². The first-order valence-electron chi connectivity index (χ1n) is 5.85. The fourth-order valence-corrected chi connectivity index (χ4v) is 2.04. The quantitative estimate of drug-likeness (QED) is 0.802. The minimum absolute atomic E-state index is 0.155. The van der Waals surface area contributed by atoms with Crippen molar-refractivity contribution in [1.82, 2.24) is 0 Å². The number of Topliss-reactive ketones (excluding diaryl/α,β-unsaturated/α-hetero) is 1. The Morgan fingerprint density at radius 3 is 2.65 bits per heavy atom. The Morgan fingerprint density at radius 1 is 1.18 bits per heavy atom. The minimum atomic E-state index is 0.155. The van der Waals surface area contributed by atoms with E-state index in [0.717, 1.165) is 22.1 Å². The maximum Gasteiger partial charge on any atom is 0.134 e. The van der Waals surface area contributed by atoms with Crippen LogP contribution in [-0.4, -0.2) is 12.4 Å². The van der Waals surface area contributed by atoms with Gasteiger partial charge in [-0.25, -0.2) is 0 Å². The molecule has 0 saturated carbocycles. The summed E-state index contributed by atoms with van der Waals surface area (Å²) < 4.78 is 5.59. The second-order valence-electron chi connectivity index (χ2n) is 4.08. The van der Waals surface area contributed by atoms with Crippen molar-refractivity contribution in [2.45, 2.75) is 20.3 Å². The maximum absolute atomic E-state index is 11.4. The number of carbonyl (C=O) groups is 1. The zero-order valence-electron chi connectivity index (χ0n) is 10.2. The molecule has 0 radical (unpaired) electrons. The fraction of sp³-hybridized carbons (Fsp3) is 0.267. The van der Waals surface area contributed by atoms with Gasteiger partial charge in [-0.1, -0.05) is 30.3 Å². The number of hydrogen-bond donors (Lipinski definition) is 0. The van der Waals surface area contributed by atoms with E-state index in [1.165, 1.54) is 0 Å². The molecule has 0 aliphatic heterocycles. The van der Waals surface area contributed by atoms with Gasteiger partial charge in [0.15, 0.2) is 0 Å². The van der Waals surface area contributed by atoms with Gasteiger partial charge in [-0.15, -0.1) is 0 Å². The van der Waals surface area contributed by atoms with Gasteiger partial charge in [-0.2, -0.15) is 0 Å². The van der Waals surface area contributed by atoms with E-state index in [1.54, 1.807) is 6.92 Å². The number of hydrogen-bond acceptors (Lipinski definition) is 2. The highest BCUT2D eigenvalue weighted by molar-refractivity contribution is 5.92. The smallest absolute Gasteiger partial charge is 0.134 e. The molecule has 0 aliphatic carbocycles. The van der Waals surface area contributed by atoms with Gasteiger partial charge in [-0.3, -0.25) is 4.79 Å². The minimum Gasteiger partial charge on any atom is -0.494 e.